The highest BCUT2D eigenvalue weighted by Gasteiger charge is 2.53. The van der Waals surface area contributed by atoms with E-state index in [4.69, 9.17) is 14.2 Å². The van der Waals surface area contributed by atoms with Crippen LogP contribution in [0.5, 0.6) is 17.2 Å². The summed E-state index contributed by atoms with van der Waals surface area (Å²) in [6.07, 6.45) is 5.64. The van der Waals surface area contributed by atoms with E-state index in [-0.39, 0.29) is 0 Å². The normalized spacial score (nSPS) is 19.2. The van der Waals surface area contributed by atoms with Crippen LogP contribution in [0.4, 0.5) is 0 Å². The fourth-order valence-corrected chi connectivity index (χ4v) is 3.27. The maximum absolute atomic E-state index is 5.49. The smallest absolute Gasteiger partial charge is 0.130 e. The number of nitrogens with one attached hydrogen (secondary N) is 1. The van der Waals surface area contributed by atoms with E-state index in [1.54, 1.807) is 21.3 Å². The molecule has 0 unspecified atom stereocenters. The van der Waals surface area contributed by atoms with Crippen LogP contribution in [0.2, 0.25) is 0 Å². The Hall–Kier alpha value is -1.42. The van der Waals surface area contributed by atoms with Gasteiger partial charge in [-0.1, -0.05) is 0 Å². The summed E-state index contributed by atoms with van der Waals surface area (Å²) in [5.74, 6) is 3.36. The minimum absolute atomic E-state index is 0.604. The first kappa shape index (κ1) is 14.5. The minimum Gasteiger partial charge on any atom is -0.496 e. The quantitative estimate of drug-likeness (QED) is 0.799. The molecular weight excluding hydrogens is 266 g/mol. The van der Waals surface area contributed by atoms with E-state index in [1.807, 2.05) is 12.1 Å². The molecule has 21 heavy (non-hydrogen) atoms. The van der Waals surface area contributed by atoms with E-state index < -0.39 is 0 Å². The largest absolute Gasteiger partial charge is 0.496 e. The van der Waals surface area contributed by atoms with Gasteiger partial charge >= 0.3 is 0 Å². The van der Waals surface area contributed by atoms with Gasteiger partial charge in [-0.05, 0) is 37.0 Å². The summed E-state index contributed by atoms with van der Waals surface area (Å²) >= 11 is 0. The van der Waals surface area contributed by atoms with Crippen LogP contribution in [0.15, 0.2) is 12.1 Å². The summed E-state index contributed by atoms with van der Waals surface area (Å²) < 4.78 is 16.3. The van der Waals surface area contributed by atoms with Gasteiger partial charge in [-0.3, -0.25) is 0 Å². The fraction of sp³-hybridized carbons (Fsp3) is 0.647. The van der Waals surface area contributed by atoms with Crippen LogP contribution < -0.4 is 19.5 Å². The van der Waals surface area contributed by atoms with Gasteiger partial charge in [0.1, 0.15) is 17.2 Å². The molecule has 0 saturated heterocycles. The number of hydrogen-bond donors (Lipinski definition) is 1. The van der Waals surface area contributed by atoms with Crippen molar-refractivity contribution in [1.82, 2.24) is 5.32 Å². The second kappa shape index (κ2) is 5.76. The lowest BCUT2D eigenvalue weighted by molar-refractivity contribution is 0.360. The zero-order chi connectivity index (χ0) is 14.9. The molecule has 1 N–H and O–H groups in total. The van der Waals surface area contributed by atoms with E-state index in [0.717, 1.165) is 41.8 Å². The Morgan fingerprint density at radius 1 is 1.05 bits per heavy atom. The molecule has 0 atom stereocenters. The molecular formula is C17H25NO3. The van der Waals surface area contributed by atoms with Crippen molar-refractivity contribution in [2.24, 2.45) is 11.3 Å². The molecule has 0 heterocycles. The topological polar surface area (TPSA) is 39.7 Å². The van der Waals surface area contributed by atoms with Crippen LogP contribution in [-0.2, 0) is 6.54 Å². The fourth-order valence-electron chi connectivity index (χ4n) is 3.27. The Balaban J connectivity index is 1.68. The Bertz CT molecular complexity index is 482. The van der Waals surface area contributed by atoms with Gasteiger partial charge in [0, 0.05) is 25.2 Å². The van der Waals surface area contributed by atoms with Gasteiger partial charge in [0.05, 0.1) is 26.9 Å². The van der Waals surface area contributed by atoms with Gasteiger partial charge in [0.2, 0.25) is 0 Å². The van der Waals surface area contributed by atoms with Gasteiger partial charge in [-0.15, -0.1) is 0 Å². The first-order valence-corrected chi connectivity index (χ1v) is 7.72. The van der Waals surface area contributed by atoms with Crippen LogP contribution in [0, 0.1) is 11.3 Å². The summed E-state index contributed by atoms with van der Waals surface area (Å²) in [5, 5.41) is 3.61. The molecule has 1 aromatic rings. The molecule has 1 aromatic carbocycles. The second-order valence-electron chi connectivity index (χ2n) is 6.25. The average Bonchev–Trinajstić information content (AvgIpc) is 3.38. The molecule has 0 spiro atoms. The molecule has 2 fully saturated rings. The third kappa shape index (κ3) is 2.95. The lowest BCUT2D eigenvalue weighted by Crippen LogP contribution is -2.25. The molecule has 2 saturated carbocycles. The molecule has 3 rings (SSSR count). The maximum atomic E-state index is 5.49. The van der Waals surface area contributed by atoms with Gasteiger partial charge in [0.15, 0.2) is 0 Å². The zero-order valence-electron chi connectivity index (χ0n) is 13.2. The van der Waals surface area contributed by atoms with Crippen molar-refractivity contribution < 1.29 is 14.2 Å². The van der Waals surface area contributed by atoms with Crippen molar-refractivity contribution >= 4 is 0 Å². The summed E-state index contributed by atoms with van der Waals surface area (Å²) in [6, 6.07) is 3.82. The van der Waals surface area contributed by atoms with E-state index in [1.165, 1.54) is 25.7 Å². The molecule has 0 aliphatic heterocycles. The summed E-state index contributed by atoms with van der Waals surface area (Å²) in [5.41, 5.74) is 1.67. The Morgan fingerprint density at radius 2 is 1.67 bits per heavy atom. The monoisotopic (exact) mass is 291 g/mol. The third-order valence-electron chi connectivity index (χ3n) is 4.93. The van der Waals surface area contributed by atoms with Crippen LogP contribution in [0.25, 0.3) is 0 Å². The maximum Gasteiger partial charge on any atom is 0.130 e. The first-order chi connectivity index (χ1) is 10.2. The van der Waals surface area contributed by atoms with Crippen molar-refractivity contribution in [3.63, 3.8) is 0 Å². The minimum atomic E-state index is 0.604. The molecule has 4 heteroatoms. The van der Waals surface area contributed by atoms with E-state index in [0.29, 0.717) is 5.41 Å². The van der Waals surface area contributed by atoms with Crippen molar-refractivity contribution in [2.75, 3.05) is 27.9 Å². The number of rotatable bonds is 8. The molecule has 0 amide bonds. The predicted octanol–water partition coefficient (Wildman–Crippen LogP) is 2.99. The van der Waals surface area contributed by atoms with Crippen molar-refractivity contribution in [1.29, 1.82) is 0 Å². The Kier molecular flexibility index (Phi) is 3.98. The molecule has 2 aliphatic rings. The van der Waals surface area contributed by atoms with Crippen LogP contribution in [-0.4, -0.2) is 27.9 Å². The van der Waals surface area contributed by atoms with E-state index in [9.17, 15) is 0 Å². The average molecular weight is 291 g/mol. The molecule has 116 valence electrons. The molecule has 4 nitrogen and oxygen atoms in total. The number of hydrogen-bond acceptors (Lipinski definition) is 4. The Labute approximate surface area is 126 Å². The lowest BCUT2D eigenvalue weighted by atomic mass is 10.0. The van der Waals surface area contributed by atoms with Crippen LogP contribution >= 0.6 is 0 Å². The van der Waals surface area contributed by atoms with Gasteiger partial charge < -0.3 is 19.5 Å². The molecule has 0 aromatic heterocycles. The lowest BCUT2D eigenvalue weighted by Gasteiger charge is -2.18. The molecule has 2 aliphatic carbocycles. The van der Waals surface area contributed by atoms with E-state index >= 15 is 0 Å². The molecule has 0 radical (unpaired) electrons. The molecule has 0 bridgehead atoms. The van der Waals surface area contributed by atoms with Gasteiger partial charge in [0.25, 0.3) is 0 Å². The second-order valence-corrected chi connectivity index (χ2v) is 6.25. The predicted molar refractivity (Wildman–Crippen MR) is 82.2 cm³/mol. The summed E-state index contributed by atoms with van der Waals surface area (Å²) in [6.45, 7) is 1.88. The van der Waals surface area contributed by atoms with Crippen LogP contribution in [0.3, 0.4) is 0 Å². The highest BCUT2D eigenvalue weighted by atomic mass is 16.5. The van der Waals surface area contributed by atoms with Gasteiger partial charge in [-0.2, -0.15) is 0 Å². The Morgan fingerprint density at radius 3 is 2.10 bits per heavy atom. The summed E-state index contributed by atoms with van der Waals surface area (Å²) in [7, 11) is 5.02. The van der Waals surface area contributed by atoms with Gasteiger partial charge in [-0.25, -0.2) is 0 Å². The third-order valence-corrected chi connectivity index (χ3v) is 4.93. The van der Waals surface area contributed by atoms with Crippen molar-refractivity contribution in [3.05, 3.63) is 17.7 Å². The number of methoxy groups -OCH3 is 3. The zero-order valence-corrected chi connectivity index (χ0v) is 13.2. The van der Waals surface area contributed by atoms with E-state index in [2.05, 4.69) is 5.32 Å². The SMILES string of the molecule is COc1cc(OC)c(CNCC2(C3CC3)CC2)c(OC)c1. The first-order valence-electron chi connectivity index (χ1n) is 7.72. The van der Waals surface area contributed by atoms with Crippen molar-refractivity contribution in [3.8, 4) is 17.2 Å². The summed E-state index contributed by atoms with van der Waals surface area (Å²) in [4.78, 5) is 0. The highest BCUT2D eigenvalue weighted by Crippen LogP contribution is 2.60. The van der Waals surface area contributed by atoms with Crippen molar-refractivity contribution in [2.45, 2.75) is 32.2 Å². The number of benzene rings is 1. The standard InChI is InChI=1S/C17H25NO3/c1-19-13-8-15(20-2)14(16(9-13)21-3)10-18-11-17(6-7-17)12-4-5-12/h8-9,12,18H,4-7,10-11H2,1-3H3. The van der Waals surface area contributed by atoms with Crippen LogP contribution in [0.1, 0.15) is 31.2 Å². The number of ether oxygens (including phenoxy) is 3. The highest BCUT2D eigenvalue weighted by molar-refractivity contribution is 5.50.